The summed E-state index contributed by atoms with van der Waals surface area (Å²) >= 11 is 0. The highest BCUT2D eigenvalue weighted by Gasteiger charge is 2.32. The monoisotopic (exact) mass is 304 g/mol. The van der Waals surface area contributed by atoms with Crippen molar-refractivity contribution < 1.29 is 13.2 Å². The van der Waals surface area contributed by atoms with Gasteiger partial charge in [0.2, 0.25) is 10.0 Å². The standard InChI is InChI=1S/C14H28N2O3S/c1-2-10-16(13-6-8-15-9-7-13)20(17,18)12-14-5-3-4-11-19-14/h13-15H,2-12H2,1H3. The molecule has 0 spiro atoms. The molecular weight excluding hydrogens is 276 g/mol. The van der Waals surface area contributed by atoms with Crippen molar-refractivity contribution in [1.82, 2.24) is 9.62 Å². The SMILES string of the molecule is CCCN(C1CCNCC1)S(=O)(=O)CC1CCCCO1. The van der Waals surface area contributed by atoms with E-state index in [1.165, 1.54) is 0 Å². The van der Waals surface area contributed by atoms with Crippen molar-refractivity contribution in [1.29, 1.82) is 0 Å². The van der Waals surface area contributed by atoms with Crippen LogP contribution in [0.15, 0.2) is 0 Å². The maximum Gasteiger partial charge on any atom is 0.216 e. The molecule has 0 aromatic rings. The van der Waals surface area contributed by atoms with Crippen LogP contribution in [0.25, 0.3) is 0 Å². The molecule has 1 N–H and O–H groups in total. The van der Waals surface area contributed by atoms with E-state index in [-0.39, 0.29) is 17.9 Å². The van der Waals surface area contributed by atoms with Gasteiger partial charge in [0, 0.05) is 19.2 Å². The van der Waals surface area contributed by atoms with Crippen molar-refractivity contribution >= 4 is 10.0 Å². The molecule has 0 radical (unpaired) electrons. The third-order valence-electron chi connectivity index (χ3n) is 4.19. The smallest absolute Gasteiger partial charge is 0.216 e. The average Bonchev–Trinajstić information content (AvgIpc) is 2.46. The van der Waals surface area contributed by atoms with Crippen LogP contribution in [-0.2, 0) is 14.8 Å². The largest absolute Gasteiger partial charge is 0.377 e. The second-order valence-electron chi connectivity index (χ2n) is 5.86. The van der Waals surface area contributed by atoms with Crippen LogP contribution in [0.3, 0.4) is 0 Å². The lowest BCUT2D eigenvalue weighted by atomic mass is 10.1. The molecule has 0 aromatic heterocycles. The first-order valence-electron chi connectivity index (χ1n) is 7.95. The Kier molecular flexibility index (Phi) is 6.26. The Morgan fingerprint density at radius 1 is 1.20 bits per heavy atom. The van der Waals surface area contributed by atoms with E-state index >= 15 is 0 Å². The summed E-state index contributed by atoms with van der Waals surface area (Å²) in [6.45, 7) is 5.22. The predicted molar refractivity (Wildman–Crippen MR) is 80.3 cm³/mol. The van der Waals surface area contributed by atoms with Gasteiger partial charge in [-0.2, -0.15) is 4.31 Å². The molecule has 0 bridgehead atoms. The quantitative estimate of drug-likeness (QED) is 0.805. The minimum absolute atomic E-state index is 0.102. The zero-order valence-electron chi connectivity index (χ0n) is 12.5. The molecule has 1 unspecified atom stereocenters. The first-order valence-corrected chi connectivity index (χ1v) is 9.56. The van der Waals surface area contributed by atoms with Gasteiger partial charge in [-0.25, -0.2) is 8.42 Å². The Morgan fingerprint density at radius 3 is 2.55 bits per heavy atom. The molecule has 2 saturated heterocycles. The molecule has 2 rings (SSSR count). The molecule has 0 aromatic carbocycles. The van der Waals surface area contributed by atoms with Crippen LogP contribution in [0.2, 0.25) is 0 Å². The summed E-state index contributed by atoms with van der Waals surface area (Å²) in [7, 11) is -3.20. The van der Waals surface area contributed by atoms with Gasteiger partial charge in [0.25, 0.3) is 0 Å². The van der Waals surface area contributed by atoms with E-state index in [1.54, 1.807) is 4.31 Å². The lowest BCUT2D eigenvalue weighted by Gasteiger charge is -2.35. The Balaban J connectivity index is 2.01. The molecular formula is C14H28N2O3S. The molecule has 2 aliphatic heterocycles. The van der Waals surface area contributed by atoms with Crippen LogP contribution < -0.4 is 5.32 Å². The first kappa shape index (κ1) is 16.2. The number of rotatable bonds is 6. The maximum atomic E-state index is 12.7. The van der Waals surface area contributed by atoms with Gasteiger partial charge in [0.1, 0.15) is 0 Å². The summed E-state index contributed by atoms with van der Waals surface area (Å²) in [5.41, 5.74) is 0. The highest BCUT2D eigenvalue weighted by molar-refractivity contribution is 7.89. The molecule has 20 heavy (non-hydrogen) atoms. The summed E-state index contributed by atoms with van der Waals surface area (Å²) in [4.78, 5) is 0. The fraction of sp³-hybridized carbons (Fsp3) is 1.00. The number of hydrogen-bond donors (Lipinski definition) is 1. The van der Waals surface area contributed by atoms with Crippen LogP contribution in [-0.4, -0.2) is 56.9 Å². The topological polar surface area (TPSA) is 58.6 Å². The summed E-state index contributed by atoms with van der Waals surface area (Å²) in [5, 5.41) is 3.30. The number of piperidine rings is 1. The van der Waals surface area contributed by atoms with Crippen LogP contribution in [0.4, 0.5) is 0 Å². The van der Waals surface area contributed by atoms with E-state index in [2.05, 4.69) is 5.32 Å². The van der Waals surface area contributed by atoms with E-state index in [0.717, 1.165) is 51.6 Å². The molecule has 118 valence electrons. The Bertz CT molecular complexity index is 374. The summed E-state index contributed by atoms with van der Waals surface area (Å²) in [5.74, 6) is 0.164. The van der Waals surface area contributed by atoms with Crippen molar-refractivity contribution in [2.45, 2.75) is 57.6 Å². The van der Waals surface area contributed by atoms with E-state index in [9.17, 15) is 8.42 Å². The molecule has 2 heterocycles. The van der Waals surface area contributed by atoms with Gasteiger partial charge < -0.3 is 10.1 Å². The maximum absolute atomic E-state index is 12.7. The third-order valence-corrected chi connectivity index (χ3v) is 6.18. The van der Waals surface area contributed by atoms with Crippen molar-refractivity contribution in [2.75, 3.05) is 32.0 Å². The van der Waals surface area contributed by atoms with Crippen molar-refractivity contribution in [3.05, 3.63) is 0 Å². The number of sulfonamides is 1. The summed E-state index contributed by atoms with van der Waals surface area (Å²) in [6, 6.07) is 0.171. The van der Waals surface area contributed by atoms with Gasteiger partial charge in [-0.05, 0) is 51.6 Å². The first-order chi connectivity index (χ1) is 9.63. The Hall–Kier alpha value is -0.170. The predicted octanol–water partition coefficient (Wildman–Crippen LogP) is 1.35. The van der Waals surface area contributed by atoms with E-state index in [4.69, 9.17) is 4.74 Å². The van der Waals surface area contributed by atoms with Gasteiger partial charge in [-0.3, -0.25) is 0 Å². The Morgan fingerprint density at radius 2 is 1.95 bits per heavy atom. The highest BCUT2D eigenvalue weighted by Crippen LogP contribution is 2.21. The lowest BCUT2D eigenvalue weighted by Crippen LogP contribution is -2.48. The molecule has 0 saturated carbocycles. The number of nitrogens with one attached hydrogen (secondary N) is 1. The third kappa shape index (κ3) is 4.41. The number of hydrogen-bond acceptors (Lipinski definition) is 4. The fourth-order valence-corrected chi connectivity index (χ4v) is 5.18. The second kappa shape index (κ2) is 7.73. The van der Waals surface area contributed by atoms with Crippen molar-refractivity contribution in [3.63, 3.8) is 0 Å². The number of ether oxygens (including phenoxy) is 1. The summed E-state index contributed by atoms with van der Waals surface area (Å²) < 4.78 is 32.8. The van der Waals surface area contributed by atoms with Crippen LogP contribution >= 0.6 is 0 Å². The normalized spacial score (nSPS) is 26.0. The van der Waals surface area contributed by atoms with E-state index in [0.29, 0.717) is 13.2 Å². The van der Waals surface area contributed by atoms with Gasteiger partial charge >= 0.3 is 0 Å². The average molecular weight is 304 g/mol. The molecule has 1 atom stereocenters. The molecule has 0 aliphatic carbocycles. The molecule has 6 heteroatoms. The van der Waals surface area contributed by atoms with E-state index in [1.807, 2.05) is 6.92 Å². The molecule has 2 fully saturated rings. The van der Waals surface area contributed by atoms with E-state index < -0.39 is 10.0 Å². The summed E-state index contributed by atoms with van der Waals surface area (Å²) in [6.07, 6.45) is 5.63. The van der Waals surface area contributed by atoms with Gasteiger partial charge in [0.15, 0.2) is 0 Å². The second-order valence-corrected chi connectivity index (χ2v) is 7.83. The minimum Gasteiger partial charge on any atom is -0.377 e. The van der Waals surface area contributed by atoms with Crippen molar-refractivity contribution in [2.24, 2.45) is 0 Å². The fourth-order valence-electron chi connectivity index (χ4n) is 3.13. The molecule has 2 aliphatic rings. The molecule has 5 nitrogen and oxygen atoms in total. The van der Waals surface area contributed by atoms with Crippen LogP contribution in [0, 0.1) is 0 Å². The van der Waals surface area contributed by atoms with Crippen LogP contribution in [0.5, 0.6) is 0 Å². The molecule has 0 amide bonds. The highest BCUT2D eigenvalue weighted by atomic mass is 32.2. The Labute approximate surface area is 123 Å². The zero-order chi connectivity index (χ0) is 14.4. The number of nitrogens with zero attached hydrogens (tertiary/aromatic N) is 1. The lowest BCUT2D eigenvalue weighted by molar-refractivity contribution is 0.0296. The van der Waals surface area contributed by atoms with Gasteiger partial charge in [0.05, 0.1) is 11.9 Å². The van der Waals surface area contributed by atoms with Gasteiger partial charge in [-0.15, -0.1) is 0 Å². The van der Waals surface area contributed by atoms with Crippen LogP contribution in [0.1, 0.15) is 45.4 Å². The zero-order valence-corrected chi connectivity index (χ0v) is 13.3. The minimum atomic E-state index is -3.20. The van der Waals surface area contributed by atoms with Crippen molar-refractivity contribution in [3.8, 4) is 0 Å². The van der Waals surface area contributed by atoms with Gasteiger partial charge in [-0.1, -0.05) is 6.92 Å².